The molecule has 0 N–H and O–H groups in total. The smallest absolute Gasteiger partial charge is 0.311 e. The Morgan fingerprint density at radius 3 is 2.62 bits per heavy atom. The van der Waals surface area contributed by atoms with E-state index in [0.717, 1.165) is 0 Å². The molecule has 0 aliphatic heterocycles. The number of ether oxygens (including phenoxy) is 1. The molecular formula is C14H12FNO4S. The maximum Gasteiger partial charge on any atom is 0.311 e. The molecule has 0 bridgehead atoms. The van der Waals surface area contributed by atoms with Crippen molar-refractivity contribution in [3.63, 3.8) is 0 Å². The van der Waals surface area contributed by atoms with E-state index in [2.05, 4.69) is 0 Å². The summed E-state index contributed by atoms with van der Waals surface area (Å²) in [7, 11) is -0.282. The minimum absolute atomic E-state index is 0.00817. The van der Waals surface area contributed by atoms with Crippen molar-refractivity contribution in [1.82, 2.24) is 0 Å². The molecule has 21 heavy (non-hydrogen) atoms. The quantitative estimate of drug-likeness (QED) is 0.629. The summed E-state index contributed by atoms with van der Waals surface area (Å²) in [5.74, 6) is -0.439. The molecule has 2 rings (SSSR count). The Balaban J connectivity index is 2.28. The summed E-state index contributed by atoms with van der Waals surface area (Å²) in [4.78, 5) is 10.4. The molecule has 7 heteroatoms. The van der Waals surface area contributed by atoms with Crippen LogP contribution in [0.5, 0.6) is 5.75 Å². The Morgan fingerprint density at radius 1 is 1.29 bits per heavy atom. The summed E-state index contributed by atoms with van der Waals surface area (Å²) in [6.07, 6.45) is 0. The first-order valence-corrected chi connectivity index (χ1v) is 7.29. The van der Waals surface area contributed by atoms with Crippen molar-refractivity contribution in [3.05, 3.63) is 64.0 Å². The van der Waals surface area contributed by atoms with Crippen LogP contribution < -0.4 is 4.74 Å². The lowest BCUT2D eigenvalue weighted by atomic mass is 10.2. The predicted molar refractivity (Wildman–Crippen MR) is 76.2 cm³/mol. The third-order valence-electron chi connectivity index (χ3n) is 2.82. The van der Waals surface area contributed by atoms with Gasteiger partial charge in [-0.05, 0) is 23.8 Å². The number of hydrogen-bond donors (Lipinski definition) is 0. The predicted octanol–water partition coefficient (Wildman–Crippen LogP) is 3.05. The molecule has 5 nitrogen and oxygen atoms in total. The Bertz CT molecular complexity index is 705. The first-order chi connectivity index (χ1) is 10.0. The fourth-order valence-corrected chi connectivity index (χ4v) is 2.98. The number of benzene rings is 2. The molecule has 2 aromatic rings. The van der Waals surface area contributed by atoms with Gasteiger partial charge in [-0.1, -0.05) is 18.2 Å². The van der Waals surface area contributed by atoms with Crippen LogP contribution in [0.3, 0.4) is 0 Å². The van der Waals surface area contributed by atoms with E-state index in [1.807, 2.05) is 0 Å². The minimum atomic E-state index is -1.61. The summed E-state index contributed by atoms with van der Waals surface area (Å²) >= 11 is 0. The number of rotatable bonds is 5. The molecule has 0 aliphatic rings. The second-order valence-corrected chi connectivity index (χ2v) is 5.60. The molecule has 0 aromatic heterocycles. The van der Waals surface area contributed by atoms with Crippen LogP contribution in [0.2, 0.25) is 0 Å². The maximum atomic E-state index is 13.5. The standard InChI is InChI=1S/C14H12FNO4S/c1-20-13-7-6-10(8-12(13)16(17)18)9-21(19)14-5-3-2-4-11(14)15/h2-8H,9H2,1H3. The zero-order valence-electron chi connectivity index (χ0n) is 11.1. The number of nitro groups is 1. The molecule has 0 amide bonds. The first kappa shape index (κ1) is 15.1. The molecule has 0 saturated carbocycles. The van der Waals surface area contributed by atoms with Crippen LogP contribution in [0, 0.1) is 15.9 Å². The third kappa shape index (κ3) is 3.43. The topological polar surface area (TPSA) is 69.4 Å². The normalized spacial score (nSPS) is 11.9. The van der Waals surface area contributed by atoms with Crippen LogP contribution in [-0.2, 0) is 16.6 Å². The van der Waals surface area contributed by atoms with Gasteiger partial charge >= 0.3 is 5.69 Å². The van der Waals surface area contributed by atoms with Gasteiger partial charge in [0.25, 0.3) is 0 Å². The fraction of sp³-hybridized carbons (Fsp3) is 0.143. The van der Waals surface area contributed by atoms with Crippen molar-refractivity contribution < 1.29 is 18.3 Å². The highest BCUT2D eigenvalue weighted by Gasteiger charge is 2.17. The zero-order chi connectivity index (χ0) is 15.4. The molecule has 110 valence electrons. The molecule has 2 aromatic carbocycles. The summed E-state index contributed by atoms with van der Waals surface area (Å²) < 4.78 is 30.6. The van der Waals surface area contributed by atoms with Crippen LogP contribution >= 0.6 is 0 Å². The lowest BCUT2D eigenvalue weighted by molar-refractivity contribution is -0.385. The molecule has 0 heterocycles. The first-order valence-electron chi connectivity index (χ1n) is 5.97. The van der Waals surface area contributed by atoms with E-state index >= 15 is 0 Å². The van der Waals surface area contributed by atoms with E-state index in [1.54, 1.807) is 12.1 Å². The highest BCUT2D eigenvalue weighted by molar-refractivity contribution is 7.84. The van der Waals surface area contributed by atoms with Crippen LogP contribution in [0.25, 0.3) is 0 Å². The largest absolute Gasteiger partial charge is 0.490 e. The maximum absolute atomic E-state index is 13.5. The second-order valence-electron chi connectivity index (χ2n) is 4.18. The fourth-order valence-electron chi connectivity index (χ4n) is 1.83. The van der Waals surface area contributed by atoms with Gasteiger partial charge in [-0.25, -0.2) is 4.39 Å². The van der Waals surface area contributed by atoms with Crippen LogP contribution in [0.4, 0.5) is 10.1 Å². The van der Waals surface area contributed by atoms with Gasteiger partial charge in [0.05, 0.1) is 33.5 Å². The number of hydrogen-bond acceptors (Lipinski definition) is 4. The molecule has 0 radical (unpaired) electrons. The molecule has 1 unspecified atom stereocenters. The van der Waals surface area contributed by atoms with E-state index in [1.165, 1.54) is 37.4 Å². The van der Waals surface area contributed by atoms with Crippen molar-refractivity contribution in [3.8, 4) is 5.75 Å². The van der Waals surface area contributed by atoms with E-state index < -0.39 is 21.5 Å². The summed E-state index contributed by atoms with van der Waals surface area (Å²) in [6.45, 7) is 0. The van der Waals surface area contributed by atoms with Gasteiger partial charge in [0.15, 0.2) is 5.75 Å². The molecule has 0 saturated heterocycles. The summed E-state index contributed by atoms with van der Waals surface area (Å²) in [6, 6.07) is 10.1. The average molecular weight is 309 g/mol. The highest BCUT2D eigenvalue weighted by Crippen LogP contribution is 2.28. The number of nitrogens with zero attached hydrogens (tertiary/aromatic N) is 1. The Hall–Kier alpha value is -2.28. The van der Waals surface area contributed by atoms with E-state index in [9.17, 15) is 18.7 Å². The van der Waals surface area contributed by atoms with E-state index in [-0.39, 0.29) is 22.1 Å². The van der Waals surface area contributed by atoms with Gasteiger partial charge in [0.1, 0.15) is 5.82 Å². The minimum Gasteiger partial charge on any atom is -0.490 e. The molecular weight excluding hydrogens is 297 g/mol. The number of nitro benzene ring substituents is 1. The van der Waals surface area contributed by atoms with Crippen LogP contribution in [0.15, 0.2) is 47.4 Å². The van der Waals surface area contributed by atoms with E-state index in [0.29, 0.717) is 5.56 Å². The van der Waals surface area contributed by atoms with Crippen molar-refractivity contribution in [2.45, 2.75) is 10.6 Å². The third-order valence-corrected chi connectivity index (χ3v) is 4.24. The van der Waals surface area contributed by atoms with Gasteiger partial charge in [0.2, 0.25) is 0 Å². The van der Waals surface area contributed by atoms with Crippen LogP contribution in [-0.4, -0.2) is 16.2 Å². The van der Waals surface area contributed by atoms with Crippen molar-refractivity contribution in [1.29, 1.82) is 0 Å². The number of halogens is 1. The molecule has 1 atom stereocenters. The second kappa shape index (κ2) is 6.45. The van der Waals surface area contributed by atoms with Gasteiger partial charge in [0, 0.05) is 6.07 Å². The summed E-state index contributed by atoms with van der Waals surface area (Å²) in [5, 5.41) is 10.9. The Morgan fingerprint density at radius 2 is 2.00 bits per heavy atom. The van der Waals surface area contributed by atoms with Crippen molar-refractivity contribution in [2.24, 2.45) is 0 Å². The SMILES string of the molecule is COc1ccc(CS(=O)c2ccccc2F)cc1[N+](=O)[O-]. The Kier molecular flexibility index (Phi) is 4.64. The Labute approximate surface area is 123 Å². The summed E-state index contributed by atoms with van der Waals surface area (Å²) in [5.41, 5.74) is 0.268. The van der Waals surface area contributed by atoms with Gasteiger partial charge < -0.3 is 4.74 Å². The van der Waals surface area contributed by atoms with Gasteiger partial charge in [-0.15, -0.1) is 0 Å². The zero-order valence-corrected chi connectivity index (χ0v) is 11.9. The van der Waals surface area contributed by atoms with Crippen molar-refractivity contribution in [2.75, 3.05) is 7.11 Å². The van der Waals surface area contributed by atoms with Crippen LogP contribution in [0.1, 0.15) is 5.56 Å². The monoisotopic (exact) mass is 309 g/mol. The number of methoxy groups -OCH3 is 1. The molecule has 0 fully saturated rings. The highest BCUT2D eigenvalue weighted by atomic mass is 32.2. The lowest BCUT2D eigenvalue weighted by Crippen LogP contribution is -2.01. The lowest BCUT2D eigenvalue weighted by Gasteiger charge is -2.06. The molecule has 0 aliphatic carbocycles. The average Bonchev–Trinajstić information content (AvgIpc) is 2.47. The van der Waals surface area contributed by atoms with Gasteiger partial charge in [-0.2, -0.15) is 0 Å². The van der Waals surface area contributed by atoms with E-state index in [4.69, 9.17) is 4.74 Å². The van der Waals surface area contributed by atoms with Crippen molar-refractivity contribution >= 4 is 16.5 Å². The van der Waals surface area contributed by atoms with Gasteiger partial charge in [-0.3, -0.25) is 14.3 Å². The molecule has 0 spiro atoms.